The van der Waals surface area contributed by atoms with Crippen molar-refractivity contribution in [2.75, 3.05) is 23.3 Å². The van der Waals surface area contributed by atoms with Gasteiger partial charge in [0.15, 0.2) is 0 Å². The van der Waals surface area contributed by atoms with Crippen LogP contribution in [-0.4, -0.2) is 24.0 Å². The highest BCUT2D eigenvalue weighted by molar-refractivity contribution is 6.05. The van der Waals surface area contributed by atoms with Crippen LogP contribution >= 0.6 is 0 Å². The number of nitrogens with zero attached hydrogens (tertiary/aromatic N) is 2. The van der Waals surface area contributed by atoms with Crippen molar-refractivity contribution in [2.45, 2.75) is 26.7 Å². The Bertz CT molecular complexity index is 1010. The molecule has 0 atom stereocenters. The third-order valence-electron chi connectivity index (χ3n) is 5.47. The van der Waals surface area contributed by atoms with Gasteiger partial charge in [-0.05, 0) is 79.8 Å². The number of amides is 1. The van der Waals surface area contributed by atoms with Gasteiger partial charge in [0.25, 0.3) is 5.91 Å². The van der Waals surface area contributed by atoms with E-state index >= 15 is 0 Å². The molecule has 5 heteroatoms. The van der Waals surface area contributed by atoms with Crippen LogP contribution in [0.5, 0.6) is 0 Å². The van der Waals surface area contributed by atoms with Crippen molar-refractivity contribution < 1.29 is 9.18 Å². The van der Waals surface area contributed by atoms with Crippen LogP contribution in [0.25, 0.3) is 10.9 Å². The third-order valence-corrected chi connectivity index (χ3v) is 5.47. The summed E-state index contributed by atoms with van der Waals surface area (Å²) in [6, 6.07) is 13.4. The van der Waals surface area contributed by atoms with Crippen molar-refractivity contribution in [3.63, 3.8) is 0 Å². The molecule has 0 radical (unpaired) electrons. The molecule has 0 saturated carbocycles. The number of pyridine rings is 1. The Morgan fingerprint density at radius 1 is 1.11 bits per heavy atom. The van der Waals surface area contributed by atoms with E-state index in [1.165, 1.54) is 37.1 Å². The minimum Gasteiger partial charge on any atom is -0.357 e. The fraction of sp³-hybridized carbons (Fsp3) is 0.304. The number of carbonyl (C=O) groups excluding carboxylic acids is 1. The number of carbonyl (C=O) groups is 1. The summed E-state index contributed by atoms with van der Waals surface area (Å²) >= 11 is 0. The lowest BCUT2D eigenvalue weighted by Gasteiger charge is -2.31. The van der Waals surface area contributed by atoms with E-state index in [2.05, 4.69) is 30.1 Å². The molecule has 2 heterocycles. The van der Waals surface area contributed by atoms with Gasteiger partial charge in [-0.2, -0.15) is 0 Å². The Hall–Kier alpha value is -2.95. The van der Waals surface area contributed by atoms with Crippen molar-refractivity contribution in [3.8, 4) is 0 Å². The van der Waals surface area contributed by atoms with Crippen molar-refractivity contribution in [3.05, 3.63) is 65.5 Å². The molecule has 144 valence electrons. The fourth-order valence-corrected chi connectivity index (χ4v) is 3.66. The second-order valence-corrected chi connectivity index (χ2v) is 7.66. The normalized spacial score (nSPS) is 15.0. The second kappa shape index (κ2) is 7.58. The van der Waals surface area contributed by atoms with Gasteiger partial charge in [-0.1, -0.05) is 6.92 Å². The Kier molecular flexibility index (Phi) is 4.99. The van der Waals surface area contributed by atoms with Crippen molar-refractivity contribution in [1.82, 2.24) is 4.98 Å². The molecule has 1 amide bonds. The number of halogens is 1. The number of aromatic nitrogens is 1. The molecule has 4 nitrogen and oxygen atoms in total. The standard InChI is InChI=1S/C23H24FN3O/c1-15-9-11-27(12-10-15)22-13-16(2)20-14-19(7-8-21(20)26-22)25-23(28)17-3-5-18(24)6-4-17/h3-8,13-15H,9-12H2,1-2H3,(H,25,28). The SMILES string of the molecule is Cc1cc(N2CCC(C)CC2)nc2ccc(NC(=O)c3ccc(F)cc3)cc12. The Labute approximate surface area is 164 Å². The quantitative estimate of drug-likeness (QED) is 0.685. The number of nitrogens with one attached hydrogen (secondary N) is 1. The molecule has 0 aliphatic carbocycles. The van der Waals surface area contributed by atoms with Crippen LogP contribution in [0.15, 0.2) is 48.5 Å². The van der Waals surface area contributed by atoms with Gasteiger partial charge in [0, 0.05) is 29.7 Å². The first kappa shape index (κ1) is 18.4. The number of benzene rings is 2. The minimum absolute atomic E-state index is 0.260. The van der Waals surface area contributed by atoms with E-state index in [1.807, 2.05) is 18.2 Å². The van der Waals surface area contributed by atoms with Crippen molar-refractivity contribution >= 4 is 28.3 Å². The Morgan fingerprint density at radius 2 is 1.82 bits per heavy atom. The van der Waals surface area contributed by atoms with E-state index in [0.29, 0.717) is 11.3 Å². The van der Waals surface area contributed by atoms with Crippen LogP contribution < -0.4 is 10.2 Å². The first-order chi connectivity index (χ1) is 13.5. The third kappa shape index (κ3) is 3.84. The van der Waals surface area contributed by atoms with E-state index in [0.717, 1.165) is 41.3 Å². The number of aryl methyl sites for hydroxylation is 1. The zero-order chi connectivity index (χ0) is 19.7. The molecule has 1 saturated heterocycles. The molecule has 0 bridgehead atoms. The van der Waals surface area contributed by atoms with Crippen LogP contribution in [0.3, 0.4) is 0 Å². The van der Waals surface area contributed by atoms with Gasteiger partial charge < -0.3 is 10.2 Å². The molecule has 1 aliphatic rings. The van der Waals surface area contributed by atoms with Crippen LogP contribution in [0.2, 0.25) is 0 Å². The number of fused-ring (bicyclic) bond motifs is 1. The summed E-state index contributed by atoms with van der Waals surface area (Å²) in [6.45, 7) is 6.47. The number of rotatable bonds is 3. The zero-order valence-electron chi connectivity index (χ0n) is 16.2. The number of anilines is 2. The molecular weight excluding hydrogens is 353 g/mol. The predicted octanol–water partition coefficient (Wildman–Crippen LogP) is 5.17. The molecule has 1 N–H and O–H groups in total. The largest absolute Gasteiger partial charge is 0.357 e. The maximum absolute atomic E-state index is 13.0. The van der Waals surface area contributed by atoms with Gasteiger partial charge in [-0.3, -0.25) is 4.79 Å². The smallest absolute Gasteiger partial charge is 0.255 e. The molecule has 28 heavy (non-hydrogen) atoms. The molecule has 3 aromatic rings. The first-order valence-corrected chi connectivity index (χ1v) is 9.73. The Morgan fingerprint density at radius 3 is 2.54 bits per heavy atom. The highest BCUT2D eigenvalue weighted by Crippen LogP contribution is 2.28. The number of hydrogen-bond acceptors (Lipinski definition) is 3. The van der Waals surface area contributed by atoms with Crippen LogP contribution in [-0.2, 0) is 0 Å². The van der Waals surface area contributed by atoms with Gasteiger partial charge in [0.05, 0.1) is 5.52 Å². The van der Waals surface area contributed by atoms with Gasteiger partial charge in [0.2, 0.25) is 0 Å². The number of hydrogen-bond donors (Lipinski definition) is 1. The summed E-state index contributed by atoms with van der Waals surface area (Å²) in [5, 5.41) is 3.90. The average Bonchev–Trinajstić information content (AvgIpc) is 2.69. The summed E-state index contributed by atoms with van der Waals surface area (Å²) in [5.74, 6) is 1.19. The molecule has 0 unspecified atom stereocenters. The lowest BCUT2D eigenvalue weighted by atomic mass is 9.99. The maximum Gasteiger partial charge on any atom is 0.255 e. The monoisotopic (exact) mass is 377 g/mol. The summed E-state index contributed by atoms with van der Waals surface area (Å²) in [5.41, 5.74) is 3.18. The summed E-state index contributed by atoms with van der Waals surface area (Å²) in [7, 11) is 0. The first-order valence-electron chi connectivity index (χ1n) is 9.73. The highest BCUT2D eigenvalue weighted by Gasteiger charge is 2.18. The molecule has 4 rings (SSSR count). The fourth-order valence-electron chi connectivity index (χ4n) is 3.66. The van der Waals surface area contributed by atoms with Crippen LogP contribution in [0.4, 0.5) is 15.9 Å². The van der Waals surface area contributed by atoms with Crippen molar-refractivity contribution in [1.29, 1.82) is 0 Å². The van der Waals surface area contributed by atoms with Gasteiger partial charge in [0.1, 0.15) is 11.6 Å². The molecule has 1 fully saturated rings. The van der Waals surface area contributed by atoms with Crippen LogP contribution in [0.1, 0.15) is 35.7 Å². The molecule has 1 aromatic heterocycles. The Balaban J connectivity index is 1.57. The van der Waals surface area contributed by atoms with Crippen molar-refractivity contribution in [2.24, 2.45) is 5.92 Å². The van der Waals surface area contributed by atoms with E-state index in [1.54, 1.807) is 0 Å². The zero-order valence-corrected chi connectivity index (χ0v) is 16.2. The molecule has 2 aromatic carbocycles. The summed E-state index contributed by atoms with van der Waals surface area (Å²) < 4.78 is 13.0. The lowest BCUT2D eigenvalue weighted by Crippen LogP contribution is -2.33. The molecule has 1 aliphatic heterocycles. The minimum atomic E-state index is -0.358. The number of piperidine rings is 1. The topological polar surface area (TPSA) is 45.2 Å². The highest BCUT2D eigenvalue weighted by atomic mass is 19.1. The van der Waals surface area contributed by atoms with Crippen LogP contribution in [0, 0.1) is 18.7 Å². The van der Waals surface area contributed by atoms with E-state index in [-0.39, 0.29) is 11.7 Å². The lowest BCUT2D eigenvalue weighted by molar-refractivity contribution is 0.102. The van der Waals surface area contributed by atoms with E-state index < -0.39 is 0 Å². The summed E-state index contributed by atoms with van der Waals surface area (Å²) in [6.07, 6.45) is 2.40. The van der Waals surface area contributed by atoms with Gasteiger partial charge >= 0.3 is 0 Å². The maximum atomic E-state index is 13.0. The average molecular weight is 377 g/mol. The summed E-state index contributed by atoms with van der Waals surface area (Å²) in [4.78, 5) is 19.6. The van der Waals surface area contributed by atoms with Gasteiger partial charge in [-0.25, -0.2) is 9.37 Å². The van der Waals surface area contributed by atoms with E-state index in [9.17, 15) is 9.18 Å². The van der Waals surface area contributed by atoms with E-state index in [4.69, 9.17) is 4.98 Å². The predicted molar refractivity (Wildman–Crippen MR) is 111 cm³/mol. The second-order valence-electron chi connectivity index (χ2n) is 7.66. The molecular formula is C23H24FN3O. The molecule has 0 spiro atoms. The van der Waals surface area contributed by atoms with Gasteiger partial charge in [-0.15, -0.1) is 0 Å².